The lowest BCUT2D eigenvalue weighted by atomic mass is 10.2. The highest BCUT2D eigenvalue weighted by molar-refractivity contribution is 9.09. The minimum Gasteiger partial charge on any atom is -0.493 e. The van der Waals surface area contributed by atoms with Crippen molar-refractivity contribution in [1.29, 1.82) is 0 Å². The summed E-state index contributed by atoms with van der Waals surface area (Å²) in [6.07, 6.45) is 0.801. The highest BCUT2D eigenvalue weighted by atomic mass is 79.9. The van der Waals surface area contributed by atoms with Gasteiger partial charge in [-0.2, -0.15) is 0 Å². The number of hydrogen-bond acceptors (Lipinski definition) is 3. The Morgan fingerprint density at radius 3 is 2.84 bits per heavy atom. The Bertz CT molecular complexity index is 385. The predicted octanol–water partition coefficient (Wildman–Crippen LogP) is 2.62. The molecule has 0 radical (unpaired) electrons. The molecule has 0 bridgehead atoms. The number of ether oxygens (including phenoxy) is 2. The molecule has 4 nitrogen and oxygen atoms in total. The molecule has 0 fully saturated rings. The molecule has 0 saturated heterocycles. The third-order valence-corrected chi connectivity index (χ3v) is 2.73. The molecule has 0 saturated carbocycles. The summed E-state index contributed by atoms with van der Waals surface area (Å²) in [6, 6.07) is 7.26. The van der Waals surface area contributed by atoms with E-state index < -0.39 is 0 Å². The molecule has 19 heavy (non-hydrogen) atoms. The Labute approximate surface area is 122 Å². The third-order valence-electron chi connectivity index (χ3n) is 2.40. The van der Waals surface area contributed by atoms with E-state index in [-0.39, 0.29) is 5.91 Å². The summed E-state index contributed by atoms with van der Waals surface area (Å²) in [4.78, 5) is 12.0. The molecule has 1 N–H and O–H groups in total. The molecule has 0 atom stereocenters. The second-order valence-electron chi connectivity index (χ2n) is 3.84. The smallest absolute Gasteiger partial charge is 0.255 e. The average molecular weight is 330 g/mol. The van der Waals surface area contributed by atoms with Crippen LogP contribution in [-0.2, 0) is 4.74 Å². The molecule has 1 rings (SSSR count). The van der Waals surface area contributed by atoms with Crippen LogP contribution in [0, 0.1) is 0 Å². The van der Waals surface area contributed by atoms with Crippen molar-refractivity contribution < 1.29 is 14.3 Å². The first-order chi connectivity index (χ1) is 9.29. The zero-order chi connectivity index (χ0) is 13.9. The first kappa shape index (κ1) is 16.0. The van der Waals surface area contributed by atoms with Gasteiger partial charge in [0.25, 0.3) is 5.91 Å². The maximum absolute atomic E-state index is 12.0. The van der Waals surface area contributed by atoms with Crippen LogP contribution >= 0.6 is 15.9 Å². The van der Waals surface area contributed by atoms with E-state index in [1.165, 1.54) is 0 Å². The number of halogens is 1. The van der Waals surface area contributed by atoms with Crippen molar-refractivity contribution in [2.75, 3.05) is 31.7 Å². The van der Waals surface area contributed by atoms with E-state index in [9.17, 15) is 4.79 Å². The molecule has 1 amide bonds. The van der Waals surface area contributed by atoms with E-state index in [2.05, 4.69) is 21.2 Å². The van der Waals surface area contributed by atoms with E-state index in [4.69, 9.17) is 9.47 Å². The van der Waals surface area contributed by atoms with Gasteiger partial charge in [0.1, 0.15) is 5.75 Å². The third kappa shape index (κ3) is 6.07. The summed E-state index contributed by atoms with van der Waals surface area (Å²) in [5.41, 5.74) is 0.575. The standard InChI is InChI=1S/C14H20BrNO3/c1-2-19-13-7-4-3-6-12(13)14(17)16-9-5-10-18-11-8-15/h3-4,6-7H,2,5,8-11H2,1H3,(H,16,17). The van der Waals surface area contributed by atoms with Crippen molar-refractivity contribution >= 4 is 21.8 Å². The van der Waals surface area contributed by atoms with Gasteiger partial charge in [-0.15, -0.1) is 0 Å². The highest BCUT2D eigenvalue weighted by Gasteiger charge is 2.10. The lowest BCUT2D eigenvalue weighted by molar-refractivity contribution is 0.0941. The highest BCUT2D eigenvalue weighted by Crippen LogP contribution is 2.17. The first-order valence-corrected chi connectivity index (χ1v) is 7.55. The van der Waals surface area contributed by atoms with Crippen molar-refractivity contribution in [2.24, 2.45) is 0 Å². The second kappa shape index (κ2) is 9.81. The van der Waals surface area contributed by atoms with E-state index in [1.54, 1.807) is 12.1 Å². The van der Waals surface area contributed by atoms with Crippen LogP contribution in [0.4, 0.5) is 0 Å². The number of nitrogens with one attached hydrogen (secondary N) is 1. The molecule has 5 heteroatoms. The molecule has 0 heterocycles. The first-order valence-electron chi connectivity index (χ1n) is 6.43. The Balaban J connectivity index is 2.36. The van der Waals surface area contributed by atoms with Crippen LogP contribution in [0.5, 0.6) is 5.75 Å². The minimum atomic E-state index is -0.107. The summed E-state index contributed by atoms with van der Waals surface area (Å²) in [6.45, 7) is 4.39. The number of rotatable bonds is 9. The van der Waals surface area contributed by atoms with E-state index in [0.29, 0.717) is 37.7 Å². The van der Waals surface area contributed by atoms with E-state index >= 15 is 0 Å². The van der Waals surface area contributed by atoms with Crippen LogP contribution in [0.25, 0.3) is 0 Å². The maximum Gasteiger partial charge on any atom is 0.255 e. The average Bonchev–Trinajstić information content (AvgIpc) is 2.43. The Hall–Kier alpha value is -1.07. The molecule has 0 aliphatic carbocycles. The summed E-state index contributed by atoms with van der Waals surface area (Å²) in [7, 11) is 0. The number of alkyl halides is 1. The van der Waals surface area contributed by atoms with Crippen molar-refractivity contribution in [2.45, 2.75) is 13.3 Å². The molecule has 0 aliphatic rings. The van der Waals surface area contributed by atoms with E-state index in [0.717, 1.165) is 11.8 Å². The molecule has 0 aliphatic heterocycles. The molecule has 0 aromatic heterocycles. The van der Waals surface area contributed by atoms with Crippen molar-refractivity contribution in [3.05, 3.63) is 29.8 Å². The van der Waals surface area contributed by atoms with Gasteiger partial charge in [0, 0.05) is 18.5 Å². The van der Waals surface area contributed by atoms with Crippen LogP contribution < -0.4 is 10.1 Å². The van der Waals surface area contributed by atoms with Gasteiger partial charge < -0.3 is 14.8 Å². The number of para-hydroxylation sites is 1. The van der Waals surface area contributed by atoms with Gasteiger partial charge >= 0.3 is 0 Å². The summed E-state index contributed by atoms with van der Waals surface area (Å²) >= 11 is 3.29. The van der Waals surface area contributed by atoms with Gasteiger partial charge in [-0.1, -0.05) is 28.1 Å². The van der Waals surface area contributed by atoms with Gasteiger partial charge in [0.2, 0.25) is 0 Å². The Morgan fingerprint density at radius 2 is 2.11 bits per heavy atom. The van der Waals surface area contributed by atoms with Crippen LogP contribution in [-0.4, -0.2) is 37.6 Å². The van der Waals surface area contributed by atoms with Gasteiger partial charge in [0.15, 0.2) is 0 Å². The van der Waals surface area contributed by atoms with Crippen LogP contribution in [0.1, 0.15) is 23.7 Å². The topological polar surface area (TPSA) is 47.6 Å². The van der Waals surface area contributed by atoms with Crippen LogP contribution in [0.15, 0.2) is 24.3 Å². The molecule has 0 unspecified atom stereocenters. The fourth-order valence-electron chi connectivity index (χ4n) is 1.56. The fourth-order valence-corrected chi connectivity index (χ4v) is 1.79. The summed E-state index contributed by atoms with van der Waals surface area (Å²) in [5, 5.41) is 3.70. The van der Waals surface area contributed by atoms with Gasteiger partial charge in [0.05, 0.1) is 18.8 Å². The van der Waals surface area contributed by atoms with E-state index in [1.807, 2.05) is 19.1 Å². The molecule has 1 aromatic carbocycles. The van der Waals surface area contributed by atoms with Crippen molar-refractivity contribution in [3.63, 3.8) is 0 Å². The molecule has 0 spiro atoms. The number of carbonyl (C=O) groups excluding carboxylic acids is 1. The second-order valence-corrected chi connectivity index (χ2v) is 4.63. The fraction of sp³-hybridized carbons (Fsp3) is 0.500. The number of hydrogen-bond donors (Lipinski definition) is 1. The molecular formula is C14H20BrNO3. The molecular weight excluding hydrogens is 310 g/mol. The zero-order valence-electron chi connectivity index (χ0n) is 11.2. The number of amides is 1. The monoisotopic (exact) mass is 329 g/mol. The van der Waals surface area contributed by atoms with Gasteiger partial charge in [-0.05, 0) is 25.5 Å². The van der Waals surface area contributed by atoms with Gasteiger partial charge in [-0.25, -0.2) is 0 Å². The summed E-state index contributed by atoms with van der Waals surface area (Å²) < 4.78 is 10.7. The quantitative estimate of drug-likeness (QED) is 0.559. The minimum absolute atomic E-state index is 0.107. The van der Waals surface area contributed by atoms with Crippen molar-refractivity contribution in [3.8, 4) is 5.75 Å². The predicted molar refractivity (Wildman–Crippen MR) is 79.2 cm³/mol. The Morgan fingerprint density at radius 1 is 1.32 bits per heavy atom. The largest absolute Gasteiger partial charge is 0.493 e. The Kier molecular flexibility index (Phi) is 8.25. The SMILES string of the molecule is CCOc1ccccc1C(=O)NCCCOCCBr. The molecule has 106 valence electrons. The number of carbonyl (C=O) groups is 1. The van der Waals surface area contributed by atoms with Crippen LogP contribution in [0.2, 0.25) is 0 Å². The molecule has 1 aromatic rings. The maximum atomic E-state index is 12.0. The summed E-state index contributed by atoms with van der Waals surface area (Å²) in [5.74, 6) is 0.516. The normalized spacial score (nSPS) is 10.2. The van der Waals surface area contributed by atoms with Gasteiger partial charge in [-0.3, -0.25) is 4.79 Å². The number of benzene rings is 1. The lowest BCUT2D eigenvalue weighted by Crippen LogP contribution is -2.25. The van der Waals surface area contributed by atoms with Crippen LogP contribution in [0.3, 0.4) is 0 Å². The van der Waals surface area contributed by atoms with Crippen molar-refractivity contribution in [1.82, 2.24) is 5.32 Å². The zero-order valence-corrected chi connectivity index (χ0v) is 12.7. The lowest BCUT2D eigenvalue weighted by Gasteiger charge is -2.10.